The van der Waals surface area contributed by atoms with Crippen molar-refractivity contribution in [2.75, 3.05) is 5.32 Å². The van der Waals surface area contributed by atoms with Crippen LogP contribution >= 0.6 is 0 Å². The normalized spacial score (nSPS) is 26.0. The van der Waals surface area contributed by atoms with Crippen LogP contribution in [0.2, 0.25) is 0 Å². The first-order valence-electron chi connectivity index (χ1n) is 5.17. The van der Waals surface area contributed by atoms with E-state index in [1.165, 1.54) is 5.56 Å². The molecule has 1 aromatic carbocycles. The zero-order valence-corrected chi connectivity index (χ0v) is 8.83. The minimum absolute atomic E-state index is 0.0374. The molecule has 0 bridgehead atoms. The molecular weight excluding hydrogens is 190 g/mol. The molecule has 2 aliphatic heterocycles. The highest BCUT2D eigenvalue weighted by Crippen LogP contribution is 2.49. The number of epoxide rings is 1. The Morgan fingerprint density at radius 2 is 2.20 bits per heavy atom. The molecule has 1 saturated heterocycles. The molecule has 1 amide bonds. The molecule has 3 nitrogen and oxygen atoms in total. The fraction of sp³-hybridized carbons (Fsp3) is 0.417. The van der Waals surface area contributed by atoms with Gasteiger partial charge < -0.3 is 10.1 Å². The van der Waals surface area contributed by atoms with Crippen LogP contribution in [-0.2, 0) is 16.0 Å². The van der Waals surface area contributed by atoms with Gasteiger partial charge in [-0.25, -0.2) is 0 Å². The average molecular weight is 203 g/mol. The lowest BCUT2D eigenvalue weighted by molar-refractivity contribution is -0.115. The van der Waals surface area contributed by atoms with Crippen LogP contribution in [0.4, 0.5) is 5.69 Å². The maximum Gasteiger partial charge on any atom is 0.228 e. The molecule has 1 unspecified atom stereocenters. The summed E-state index contributed by atoms with van der Waals surface area (Å²) >= 11 is 0. The number of nitrogens with one attached hydrogen (secondary N) is 1. The number of ether oxygens (including phenoxy) is 1. The molecule has 0 spiro atoms. The van der Waals surface area contributed by atoms with Crippen molar-refractivity contribution in [1.82, 2.24) is 0 Å². The van der Waals surface area contributed by atoms with Crippen molar-refractivity contribution in [3.8, 4) is 0 Å². The Kier molecular flexibility index (Phi) is 1.55. The molecule has 3 rings (SSSR count). The minimum Gasteiger partial charge on any atom is -0.362 e. The largest absolute Gasteiger partial charge is 0.362 e. The van der Waals surface area contributed by atoms with E-state index >= 15 is 0 Å². The summed E-state index contributed by atoms with van der Waals surface area (Å²) < 4.78 is 5.57. The highest BCUT2D eigenvalue weighted by Gasteiger charge is 2.48. The van der Waals surface area contributed by atoms with Crippen molar-refractivity contribution < 1.29 is 9.53 Å². The molecule has 0 radical (unpaired) electrons. The molecule has 1 fully saturated rings. The van der Waals surface area contributed by atoms with Gasteiger partial charge in [0.1, 0.15) is 6.10 Å². The van der Waals surface area contributed by atoms with Crippen molar-refractivity contribution in [3.63, 3.8) is 0 Å². The molecule has 2 aliphatic rings. The van der Waals surface area contributed by atoms with Crippen LogP contribution in [-0.4, -0.2) is 11.5 Å². The molecule has 1 N–H and O–H groups in total. The number of amides is 1. The summed E-state index contributed by atoms with van der Waals surface area (Å²) in [6.07, 6.45) is 0.689. The number of carbonyl (C=O) groups is 1. The first-order chi connectivity index (χ1) is 7.06. The van der Waals surface area contributed by atoms with Crippen LogP contribution in [0.15, 0.2) is 18.2 Å². The fourth-order valence-electron chi connectivity index (χ4n) is 2.15. The van der Waals surface area contributed by atoms with E-state index in [9.17, 15) is 4.79 Å². The smallest absolute Gasteiger partial charge is 0.228 e. The Hall–Kier alpha value is -1.35. The molecule has 0 aliphatic carbocycles. The molecular formula is C12H13NO2. The summed E-state index contributed by atoms with van der Waals surface area (Å²) in [6.45, 7) is 4.16. The van der Waals surface area contributed by atoms with Gasteiger partial charge in [0.15, 0.2) is 0 Å². The van der Waals surface area contributed by atoms with Gasteiger partial charge in [0.05, 0.1) is 12.0 Å². The van der Waals surface area contributed by atoms with E-state index in [0.717, 1.165) is 11.3 Å². The zero-order valence-electron chi connectivity index (χ0n) is 8.83. The Labute approximate surface area is 88.4 Å². The molecule has 15 heavy (non-hydrogen) atoms. The van der Waals surface area contributed by atoms with E-state index in [0.29, 0.717) is 6.42 Å². The number of hydrogen-bond donors (Lipinski definition) is 1. The van der Waals surface area contributed by atoms with Crippen molar-refractivity contribution in [2.24, 2.45) is 0 Å². The summed E-state index contributed by atoms with van der Waals surface area (Å²) in [5.74, 6) is 0.0816. The van der Waals surface area contributed by atoms with Gasteiger partial charge in [-0.1, -0.05) is 12.1 Å². The van der Waals surface area contributed by atoms with Gasteiger partial charge in [-0.05, 0) is 31.0 Å². The Balaban J connectivity index is 1.94. The second-order valence-corrected chi connectivity index (χ2v) is 4.74. The highest BCUT2D eigenvalue weighted by molar-refractivity contribution is 5.99. The molecule has 0 aromatic heterocycles. The average Bonchev–Trinajstić information content (AvgIpc) is 2.65. The Morgan fingerprint density at radius 1 is 1.47 bits per heavy atom. The number of fused-ring (bicyclic) bond motifs is 1. The first-order valence-corrected chi connectivity index (χ1v) is 5.17. The lowest BCUT2D eigenvalue weighted by Crippen LogP contribution is -2.03. The predicted molar refractivity (Wildman–Crippen MR) is 56.7 cm³/mol. The zero-order chi connectivity index (χ0) is 10.6. The number of anilines is 1. The number of carbonyl (C=O) groups excluding carboxylic acids is 1. The van der Waals surface area contributed by atoms with E-state index in [-0.39, 0.29) is 17.6 Å². The van der Waals surface area contributed by atoms with Gasteiger partial charge in [-0.2, -0.15) is 0 Å². The van der Waals surface area contributed by atoms with Gasteiger partial charge in [0, 0.05) is 5.69 Å². The van der Waals surface area contributed by atoms with Crippen LogP contribution in [0.5, 0.6) is 0 Å². The first kappa shape index (κ1) is 8.92. The van der Waals surface area contributed by atoms with Crippen molar-refractivity contribution in [1.29, 1.82) is 0 Å². The van der Waals surface area contributed by atoms with Gasteiger partial charge in [-0.3, -0.25) is 4.79 Å². The number of rotatable bonds is 1. The topological polar surface area (TPSA) is 41.6 Å². The monoisotopic (exact) mass is 203 g/mol. The van der Waals surface area contributed by atoms with Crippen LogP contribution in [0, 0.1) is 0 Å². The minimum atomic E-state index is -0.0374. The molecule has 1 atom stereocenters. The summed E-state index contributed by atoms with van der Waals surface area (Å²) in [4.78, 5) is 11.2. The maximum atomic E-state index is 11.2. The Morgan fingerprint density at radius 3 is 2.87 bits per heavy atom. The van der Waals surface area contributed by atoms with E-state index in [4.69, 9.17) is 4.74 Å². The SMILES string of the molecule is CC1(C)OC1c1ccc2c(c1)CC(=O)N2. The third-order valence-electron chi connectivity index (χ3n) is 3.05. The fourth-order valence-corrected chi connectivity index (χ4v) is 2.15. The second kappa shape index (κ2) is 2.61. The van der Waals surface area contributed by atoms with E-state index in [2.05, 4.69) is 25.2 Å². The lowest BCUT2D eigenvalue weighted by Gasteiger charge is -2.02. The third kappa shape index (κ3) is 1.35. The van der Waals surface area contributed by atoms with Gasteiger partial charge in [0.2, 0.25) is 5.91 Å². The predicted octanol–water partition coefficient (Wildman–Crippen LogP) is 2.03. The Bertz CT molecular complexity index is 451. The van der Waals surface area contributed by atoms with Crippen LogP contribution in [0.25, 0.3) is 0 Å². The summed E-state index contributed by atoms with van der Waals surface area (Å²) in [5, 5.41) is 2.82. The van der Waals surface area contributed by atoms with E-state index in [1.807, 2.05) is 12.1 Å². The van der Waals surface area contributed by atoms with E-state index < -0.39 is 0 Å². The molecule has 1 aromatic rings. The number of hydrogen-bond acceptors (Lipinski definition) is 2. The maximum absolute atomic E-state index is 11.2. The summed E-state index contributed by atoms with van der Waals surface area (Å²) in [7, 11) is 0. The molecule has 78 valence electrons. The second-order valence-electron chi connectivity index (χ2n) is 4.74. The number of benzene rings is 1. The molecule has 3 heteroatoms. The van der Waals surface area contributed by atoms with Crippen molar-refractivity contribution in [2.45, 2.75) is 32.0 Å². The van der Waals surface area contributed by atoms with Crippen LogP contribution in [0.1, 0.15) is 31.1 Å². The van der Waals surface area contributed by atoms with Crippen molar-refractivity contribution >= 4 is 11.6 Å². The summed E-state index contributed by atoms with van der Waals surface area (Å²) in [6, 6.07) is 6.07. The quantitative estimate of drug-likeness (QED) is 0.709. The van der Waals surface area contributed by atoms with Crippen molar-refractivity contribution in [3.05, 3.63) is 29.3 Å². The van der Waals surface area contributed by atoms with Crippen LogP contribution < -0.4 is 5.32 Å². The van der Waals surface area contributed by atoms with Gasteiger partial charge in [0.25, 0.3) is 0 Å². The summed E-state index contributed by atoms with van der Waals surface area (Å²) in [5.41, 5.74) is 3.17. The lowest BCUT2D eigenvalue weighted by atomic mass is 10.00. The standard InChI is InChI=1S/C12H13NO2/c1-12(2)11(15-12)7-3-4-9-8(5-7)6-10(14)13-9/h3-5,11H,6H2,1-2H3,(H,13,14). The van der Waals surface area contributed by atoms with Crippen LogP contribution in [0.3, 0.4) is 0 Å². The molecule has 0 saturated carbocycles. The van der Waals surface area contributed by atoms with Gasteiger partial charge in [-0.15, -0.1) is 0 Å². The van der Waals surface area contributed by atoms with Gasteiger partial charge >= 0.3 is 0 Å². The molecule has 2 heterocycles. The van der Waals surface area contributed by atoms with E-state index in [1.54, 1.807) is 0 Å². The third-order valence-corrected chi connectivity index (χ3v) is 3.05. The highest BCUT2D eigenvalue weighted by atomic mass is 16.6.